The van der Waals surface area contributed by atoms with E-state index in [0.717, 1.165) is 6.07 Å². The molecule has 9 heteroatoms. The third kappa shape index (κ3) is 4.65. The highest BCUT2D eigenvalue weighted by molar-refractivity contribution is 7.80. The second kappa shape index (κ2) is 8.47. The lowest BCUT2D eigenvalue weighted by atomic mass is 10.1. The van der Waals surface area contributed by atoms with Crippen LogP contribution in [0, 0.1) is 23.4 Å². The molecule has 1 rings (SSSR count). The summed E-state index contributed by atoms with van der Waals surface area (Å²) in [6.45, 7) is 3.00. The van der Waals surface area contributed by atoms with Crippen LogP contribution in [0.15, 0.2) is 12.1 Å². The Hall–Kier alpha value is -2.16. The number of carbonyl (C=O) groups is 2. The Morgan fingerprint density at radius 1 is 1.09 bits per heavy atom. The van der Waals surface area contributed by atoms with Gasteiger partial charge in [0.1, 0.15) is 4.99 Å². The van der Waals surface area contributed by atoms with Crippen molar-refractivity contribution in [2.24, 2.45) is 5.92 Å². The van der Waals surface area contributed by atoms with Crippen molar-refractivity contribution in [1.29, 1.82) is 0 Å². The molecule has 0 aliphatic heterocycles. The van der Waals surface area contributed by atoms with Crippen LogP contribution in [0.5, 0.6) is 0 Å². The van der Waals surface area contributed by atoms with E-state index in [9.17, 15) is 22.8 Å². The van der Waals surface area contributed by atoms with Gasteiger partial charge >= 0.3 is 11.9 Å². The van der Waals surface area contributed by atoms with E-state index in [-0.39, 0.29) is 13.2 Å². The molecule has 0 saturated carbocycles. The van der Waals surface area contributed by atoms with Crippen LogP contribution in [0.4, 0.5) is 18.9 Å². The number of rotatable bonds is 6. The molecule has 0 aromatic heterocycles. The minimum Gasteiger partial charge on any atom is -0.465 e. The number of hydrogen-bond acceptors (Lipinski definition) is 5. The molecule has 0 bridgehead atoms. The van der Waals surface area contributed by atoms with E-state index in [1.807, 2.05) is 0 Å². The number of hydrogen-bond donors (Lipinski definition) is 1. The summed E-state index contributed by atoms with van der Waals surface area (Å²) in [6.07, 6.45) is 0. The predicted molar refractivity (Wildman–Crippen MR) is 79.3 cm³/mol. The SMILES string of the molecule is CCOC(=O)C(C(=O)OCC)C(=S)Nc1ccc(F)c(F)c1F. The zero-order valence-corrected chi connectivity index (χ0v) is 13.1. The van der Waals surface area contributed by atoms with Gasteiger partial charge in [0, 0.05) is 0 Å². The largest absolute Gasteiger partial charge is 0.465 e. The van der Waals surface area contributed by atoms with Gasteiger partial charge in [-0.1, -0.05) is 12.2 Å². The number of esters is 2. The molecule has 0 aliphatic carbocycles. The Morgan fingerprint density at radius 2 is 1.61 bits per heavy atom. The van der Waals surface area contributed by atoms with Gasteiger partial charge in [0.25, 0.3) is 0 Å². The standard InChI is InChI=1S/C14H14F3NO4S/c1-3-21-13(19)9(14(20)22-4-2)12(23)18-8-6-5-7(15)10(16)11(8)17/h5-6,9H,3-4H2,1-2H3,(H,18,23). The molecule has 0 atom stereocenters. The molecule has 23 heavy (non-hydrogen) atoms. The van der Waals surface area contributed by atoms with E-state index in [1.165, 1.54) is 13.8 Å². The van der Waals surface area contributed by atoms with Gasteiger partial charge in [0.05, 0.1) is 18.9 Å². The molecule has 5 nitrogen and oxygen atoms in total. The summed E-state index contributed by atoms with van der Waals surface area (Å²) in [5.41, 5.74) is -0.521. The van der Waals surface area contributed by atoms with Crippen molar-refractivity contribution in [3.8, 4) is 0 Å². The maximum Gasteiger partial charge on any atom is 0.327 e. The van der Waals surface area contributed by atoms with Crippen molar-refractivity contribution < 1.29 is 32.2 Å². The van der Waals surface area contributed by atoms with Crippen molar-refractivity contribution >= 4 is 34.8 Å². The van der Waals surface area contributed by atoms with Crippen LogP contribution in [-0.2, 0) is 19.1 Å². The summed E-state index contributed by atoms with van der Waals surface area (Å²) in [5.74, 6) is -8.25. The highest BCUT2D eigenvalue weighted by Gasteiger charge is 2.34. The monoisotopic (exact) mass is 349 g/mol. The first kappa shape index (κ1) is 18.9. The maximum absolute atomic E-state index is 13.6. The minimum absolute atomic E-state index is 0.0170. The van der Waals surface area contributed by atoms with Gasteiger partial charge in [-0.3, -0.25) is 9.59 Å². The van der Waals surface area contributed by atoms with Gasteiger partial charge in [0.2, 0.25) is 5.92 Å². The average molecular weight is 349 g/mol. The Kier molecular flexibility index (Phi) is 6.95. The first-order valence-electron chi connectivity index (χ1n) is 6.61. The topological polar surface area (TPSA) is 64.6 Å². The Balaban J connectivity index is 3.04. The molecule has 0 amide bonds. The fraction of sp³-hybridized carbons (Fsp3) is 0.357. The van der Waals surface area contributed by atoms with E-state index in [2.05, 4.69) is 5.32 Å². The quantitative estimate of drug-likeness (QED) is 0.369. The number of anilines is 1. The van der Waals surface area contributed by atoms with Gasteiger partial charge in [-0.2, -0.15) is 0 Å². The fourth-order valence-electron chi connectivity index (χ4n) is 1.59. The first-order valence-corrected chi connectivity index (χ1v) is 7.01. The second-order valence-corrected chi connectivity index (χ2v) is 4.59. The number of carbonyl (C=O) groups excluding carboxylic acids is 2. The summed E-state index contributed by atoms with van der Waals surface area (Å²) in [7, 11) is 0. The Labute approximate surface area is 135 Å². The summed E-state index contributed by atoms with van der Waals surface area (Å²) in [5, 5.41) is 2.21. The maximum atomic E-state index is 13.6. The smallest absolute Gasteiger partial charge is 0.327 e. The van der Waals surface area contributed by atoms with Crippen molar-refractivity contribution in [1.82, 2.24) is 0 Å². The number of benzene rings is 1. The number of thiocarbonyl (C=S) groups is 1. The average Bonchev–Trinajstić information content (AvgIpc) is 2.48. The molecule has 0 spiro atoms. The van der Waals surface area contributed by atoms with Crippen molar-refractivity contribution in [2.75, 3.05) is 18.5 Å². The number of nitrogens with one attached hydrogen (secondary N) is 1. The normalized spacial score (nSPS) is 10.3. The van der Waals surface area contributed by atoms with Crippen molar-refractivity contribution in [3.63, 3.8) is 0 Å². The Bertz CT molecular complexity index is 606. The van der Waals surface area contributed by atoms with Gasteiger partial charge in [-0.15, -0.1) is 0 Å². The van der Waals surface area contributed by atoms with Crippen LogP contribution in [0.25, 0.3) is 0 Å². The minimum atomic E-state index is -1.71. The molecule has 1 N–H and O–H groups in total. The van der Waals surface area contributed by atoms with E-state index in [0.29, 0.717) is 6.07 Å². The van der Waals surface area contributed by atoms with E-state index < -0.39 is 46.0 Å². The van der Waals surface area contributed by atoms with Gasteiger partial charge in [-0.25, -0.2) is 13.2 Å². The summed E-state index contributed by atoms with van der Waals surface area (Å²) >= 11 is 4.88. The molecular formula is C14H14F3NO4S. The second-order valence-electron chi connectivity index (χ2n) is 4.15. The van der Waals surface area contributed by atoms with Gasteiger partial charge in [-0.05, 0) is 26.0 Å². The predicted octanol–water partition coefficient (Wildman–Crippen LogP) is 2.59. The molecule has 0 unspecified atom stereocenters. The Morgan fingerprint density at radius 3 is 2.09 bits per heavy atom. The lowest BCUT2D eigenvalue weighted by molar-refractivity contribution is -0.157. The van der Waals surface area contributed by atoms with Crippen LogP contribution in [-0.4, -0.2) is 30.1 Å². The highest BCUT2D eigenvalue weighted by atomic mass is 32.1. The first-order chi connectivity index (χ1) is 10.8. The zero-order chi connectivity index (χ0) is 17.6. The molecule has 0 radical (unpaired) electrons. The zero-order valence-electron chi connectivity index (χ0n) is 12.3. The molecule has 1 aromatic carbocycles. The number of ether oxygens (including phenoxy) is 2. The summed E-state index contributed by atoms with van der Waals surface area (Å²) < 4.78 is 49.1. The van der Waals surface area contributed by atoms with Crippen LogP contribution in [0.2, 0.25) is 0 Å². The molecule has 0 saturated heterocycles. The van der Waals surface area contributed by atoms with Crippen LogP contribution in [0.1, 0.15) is 13.8 Å². The molecule has 0 fully saturated rings. The third-order valence-electron chi connectivity index (χ3n) is 2.60. The summed E-state index contributed by atoms with van der Waals surface area (Å²) in [6, 6.07) is 1.56. The molecule has 126 valence electrons. The third-order valence-corrected chi connectivity index (χ3v) is 2.94. The van der Waals surface area contributed by atoms with Crippen LogP contribution < -0.4 is 5.32 Å². The number of halogens is 3. The summed E-state index contributed by atoms with van der Waals surface area (Å²) in [4.78, 5) is 23.2. The lowest BCUT2D eigenvalue weighted by Gasteiger charge is -2.17. The van der Waals surface area contributed by atoms with Crippen molar-refractivity contribution in [2.45, 2.75) is 13.8 Å². The van der Waals surface area contributed by atoms with Gasteiger partial charge < -0.3 is 14.8 Å². The lowest BCUT2D eigenvalue weighted by Crippen LogP contribution is -2.37. The highest BCUT2D eigenvalue weighted by Crippen LogP contribution is 2.21. The molecule has 1 aromatic rings. The van der Waals surface area contributed by atoms with Crippen LogP contribution >= 0.6 is 12.2 Å². The van der Waals surface area contributed by atoms with E-state index in [1.54, 1.807) is 0 Å². The van der Waals surface area contributed by atoms with Crippen LogP contribution in [0.3, 0.4) is 0 Å². The van der Waals surface area contributed by atoms with E-state index in [4.69, 9.17) is 21.7 Å². The van der Waals surface area contributed by atoms with Crippen molar-refractivity contribution in [3.05, 3.63) is 29.6 Å². The molecule has 0 aliphatic rings. The van der Waals surface area contributed by atoms with Gasteiger partial charge in [0.15, 0.2) is 17.5 Å². The molecule has 0 heterocycles. The van der Waals surface area contributed by atoms with E-state index >= 15 is 0 Å². The molecular weight excluding hydrogens is 335 g/mol. The fourth-order valence-corrected chi connectivity index (χ4v) is 1.89.